The Bertz CT molecular complexity index is 1570. The van der Waals surface area contributed by atoms with Gasteiger partial charge in [0.2, 0.25) is 11.8 Å². The maximum absolute atomic E-state index is 13.9. The highest BCUT2D eigenvalue weighted by atomic mass is 35.5. The van der Waals surface area contributed by atoms with E-state index in [0.29, 0.717) is 22.0 Å². The van der Waals surface area contributed by atoms with E-state index in [4.69, 9.17) is 23.2 Å². The molecule has 0 radical (unpaired) electrons. The molecule has 222 valence electrons. The molecule has 4 rings (SSSR count). The van der Waals surface area contributed by atoms with Gasteiger partial charge in [-0.2, -0.15) is 0 Å². The van der Waals surface area contributed by atoms with Crippen LogP contribution in [0.5, 0.6) is 0 Å². The summed E-state index contributed by atoms with van der Waals surface area (Å²) in [5.74, 6) is -1.27. The molecule has 0 bridgehead atoms. The summed E-state index contributed by atoms with van der Waals surface area (Å²) in [6.07, 6.45) is 0.981. The molecule has 0 fully saturated rings. The highest BCUT2D eigenvalue weighted by molar-refractivity contribution is 7.90. The van der Waals surface area contributed by atoms with E-state index in [1.807, 2.05) is 44.2 Å². The molecule has 0 spiro atoms. The first-order valence-corrected chi connectivity index (χ1v) is 16.0. The van der Waals surface area contributed by atoms with E-state index < -0.39 is 22.0 Å². The van der Waals surface area contributed by atoms with Crippen molar-refractivity contribution in [3.8, 4) is 0 Å². The van der Waals surface area contributed by atoms with Crippen molar-refractivity contribution in [2.75, 3.05) is 6.54 Å². The van der Waals surface area contributed by atoms with Gasteiger partial charge < -0.3 is 10.2 Å². The molecule has 0 saturated carbocycles. The van der Waals surface area contributed by atoms with Crippen LogP contribution in [0.4, 0.5) is 0 Å². The molecule has 11 heteroatoms. The maximum atomic E-state index is 13.9. The number of benzene rings is 3. The van der Waals surface area contributed by atoms with Crippen LogP contribution in [0.25, 0.3) is 0 Å². The summed E-state index contributed by atoms with van der Waals surface area (Å²) in [6.45, 7) is 3.77. The van der Waals surface area contributed by atoms with Crippen molar-refractivity contribution < 1.29 is 22.8 Å². The number of amides is 3. The van der Waals surface area contributed by atoms with Crippen molar-refractivity contribution in [3.63, 3.8) is 0 Å². The smallest absolute Gasteiger partial charge is 0.269 e. The Kier molecular flexibility index (Phi) is 10.3. The summed E-state index contributed by atoms with van der Waals surface area (Å²) in [6, 6.07) is 19.5. The van der Waals surface area contributed by atoms with Gasteiger partial charge in [-0.15, -0.1) is 0 Å². The third-order valence-corrected chi connectivity index (χ3v) is 9.85. The second-order valence-corrected chi connectivity index (χ2v) is 12.9. The van der Waals surface area contributed by atoms with Crippen molar-refractivity contribution in [2.24, 2.45) is 0 Å². The molecule has 0 aliphatic carbocycles. The highest BCUT2D eigenvalue weighted by Gasteiger charge is 2.40. The van der Waals surface area contributed by atoms with E-state index >= 15 is 0 Å². The number of nitrogens with zero attached hydrogens (tertiary/aromatic N) is 2. The zero-order chi connectivity index (χ0) is 30.4. The maximum Gasteiger partial charge on any atom is 0.269 e. The Labute approximate surface area is 256 Å². The normalized spacial score (nSPS) is 15.1. The Morgan fingerprint density at radius 2 is 1.64 bits per heavy atom. The van der Waals surface area contributed by atoms with E-state index in [9.17, 15) is 22.8 Å². The van der Waals surface area contributed by atoms with Gasteiger partial charge in [-0.1, -0.05) is 78.7 Å². The van der Waals surface area contributed by atoms with Crippen molar-refractivity contribution in [1.82, 2.24) is 14.5 Å². The summed E-state index contributed by atoms with van der Waals surface area (Å²) in [4.78, 5) is 41.8. The van der Waals surface area contributed by atoms with Gasteiger partial charge in [0.25, 0.3) is 15.9 Å². The van der Waals surface area contributed by atoms with Crippen LogP contribution in [0.2, 0.25) is 10.0 Å². The lowest BCUT2D eigenvalue weighted by molar-refractivity contribution is -0.141. The van der Waals surface area contributed by atoms with Crippen LogP contribution >= 0.6 is 23.2 Å². The Morgan fingerprint density at radius 3 is 2.31 bits per heavy atom. The quantitative estimate of drug-likeness (QED) is 0.286. The van der Waals surface area contributed by atoms with Crippen molar-refractivity contribution in [2.45, 2.75) is 63.1 Å². The second-order valence-electron chi connectivity index (χ2n) is 10.3. The van der Waals surface area contributed by atoms with Gasteiger partial charge in [-0.25, -0.2) is 12.7 Å². The summed E-state index contributed by atoms with van der Waals surface area (Å²) in [7, 11) is -3.99. The summed E-state index contributed by atoms with van der Waals surface area (Å²) in [5.41, 5.74) is 1.68. The standard InChI is InChI=1S/C31H33Cl2N3O5S/c1-3-21(2)34-30(38)27(19-22-10-5-4-6-11-22)35(20-23-15-16-25(32)26(33)18-23)29(37)14-9-17-36-31(39)24-12-7-8-13-28(24)42(36,40)41/h4-8,10-13,15-16,18,21,27H,3,9,14,17,19-20H2,1-2H3,(H,34,38)/t21-,27-/m1/s1. The first-order valence-electron chi connectivity index (χ1n) is 13.8. The van der Waals surface area contributed by atoms with E-state index in [1.165, 1.54) is 17.0 Å². The first-order chi connectivity index (χ1) is 20.0. The number of rotatable bonds is 12. The van der Waals surface area contributed by atoms with Crippen LogP contribution in [0, 0.1) is 0 Å². The fourth-order valence-corrected chi connectivity index (χ4v) is 6.73. The number of halogens is 2. The number of hydrogen-bond acceptors (Lipinski definition) is 5. The number of fused-ring (bicyclic) bond motifs is 1. The number of carbonyl (C=O) groups is 3. The second kappa shape index (κ2) is 13.7. The lowest BCUT2D eigenvalue weighted by Crippen LogP contribution is -2.52. The molecular weight excluding hydrogens is 597 g/mol. The number of hydrogen-bond donors (Lipinski definition) is 1. The van der Waals surface area contributed by atoms with Gasteiger partial charge >= 0.3 is 0 Å². The minimum Gasteiger partial charge on any atom is -0.352 e. The lowest BCUT2D eigenvalue weighted by atomic mass is 10.0. The van der Waals surface area contributed by atoms with Gasteiger partial charge in [0, 0.05) is 32.0 Å². The van der Waals surface area contributed by atoms with Crippen molar-refractivity contribution in [1.29, 1.82) is 0 Å². The van der Waals surface area contributed by atoms with Gasteiger partial charge in [-0.3, -0.25) is 14.4 Å². The minimum atomic E-state index is -3.99. The monoisotopic (exact) mass is 629 g/mol. The Hall–Kier alpha value is -3.40. The molecule has 42 heavy (non-hydrogen) atoms. The molecule has 1 aliphatic heterocycles. The molecule has 1 heterocycles. The van der Waals surface area contributed by atoms with Crippen molar-refractivity contribution in [3.05, 3.63) is 99.5 Å². The zero-order valence-electron chi connectivity index (χ0n) is 23.4. The van der Waals surface area contributed by atoms with Crippen LogP contribution in [0.15, 0.2) is 77.7 Å². The first kappa shape index (κ1) is 31.5. The molecule has 0 saturated heterocycles. The molecule has 2 atom stereocenters. The average Bonchev–Trinajstić information content (AvgIpc) is 3.17. The number of carbonyl (C=O) groups excluding carboxylic acids is 3. The molecule has 3 aromatic carbocycles. The number of nitrogens with one attached hydrogen (secondary N) is 1. The van der Waals surface area contributed by atoms with Crippen LogP contribution in [-0.4, -0.2) is 54.0 Å². The molecule has 0 aromatic heterocycles. The van der Waals surface area contributed by atoms with Gasteiger partial charge in [0.1, 0.15) is 10.9 Å². The molecule has 8 nitrogen and oxygen atoms in total. The summed E-state index contributed by atoms with van der Waals surface area (Å²) in [5, 5.41) is 3.70. The molecule has 1 N–H and O–H groups in total. The van der Waals surface area contributed by atoms with E-state index in [2.05, 4.69) is 5.32 Å². The Balaban J connectivity index is 1.59. The van der Waals surface area contributed by atoms with Crippen LogP contribution in [0.1, 0.15) is 54.6 Å². The van der Waals surface area contributed by atoms with Gasteiger partial charge in [-0.05, 0) is 55.2 Å². The zero-order valence-corrected chi connectivity index (χ0v) is 25.8. The van der Waals surface area contributed by atoms with Crippen LogP contribution in [0.3, 0.4) is 0 Å². The topological polar surface area (TPSA) is 104 Å². The van der Waals surface area contributed by atoms with E-state index in [-0.39, 0.29) is 60.7 Å². The number of sulfonamides is 1. The third kappa shape index (κ3) is 7.14. The fourth-order valence-electron chi connectivity index (χ4n) is 4.80. The molecule has 3 aromatic rings. The van der Waals surface area contributed by atoms with Crippen molar-refractivity contribution >= 4 is 50.9 Å². The fraction of sp³-hybridized carbons (Fsp3) is 0.323. The average molecular weight is 631 g/mol. The third-order valence-electron chi connectivity index (χ3n) is 7.27. The summed E-state index contributed by atoms with van der Waals surface area (Å²) < 4.78 is 26.8. The van der Waals surface area contributed by atoms with Gasteiger partial charge in [0.15, 0.2) is 0 Å². The Morgan fingerprint density at radius 1 is 0.952 bits per heavy atom. The van der Waals surface area contributed by atoms with E-state index in [0.717, 1.165) is 9.87 Å². The largest absolute Gasteiger partial charge is 0.352 e. The molecule has 0 unspecified atom stereocenters. The molecule has 3 amide bonds. The van der Waals surface area contributed by atoms with Crippen LogP contribution in [-0.2, 0) is 32.6 Å². The van der Waals surface area contributed by atoms with Gasteiger partial charge in [0.05, 0.1) is 15.6 Å². The summed E-state index contributed by atoms with van der Waals surface area (Å²) >= 11 is 12.4. The van der Waals surface area contributed by atoms with Crippen LogP contribution < -0.4 is 5.32 Å². The molecule has 1 aliphatic rings. The lowest BCUT2D eigenvalue weighted by Gasteiger charge is -2.32. The SMILES string of the molecule is CC[C@@H](C)NC(=O)[C@@H](Cc1ccccc1)N(Cc1ccc(Cl)c(Cl)c1)C(=O)CCCN1C(=O)c2ccccc2S1(=O)=O. The predicted molar refractivity (Wildman–Crippen MR) is 163 cm³/mol. The predicted octanol–water partition coefficient (Wildman–Crippen LogP) is 5.47. The highest BCUT2D eigenvalue weighted by Crippen LogP contribution is 2.30. The van der Waals surface area contributed by atoms with E-state index in [1.54, 1.807) is 30.3 Å². The molecular formula is C31H33Cl2N3O5S. The minimum absolute atomic E-state index is 0.0350.